The number of para-hydroxylation sites is 1. The Balaban J connectivity index is 1.92. The number of carbonyl (C=O) groups is 1. The maximum Gasteiger partial charge on any atom is 0.269 e. The number of halogens is 1. The number of benzene rings is 2. The fourth-order valence-electron chi connectivity index (χ4n) is 3.57. The molecule has 0 saturated heterocycles. The Morgan fingerprint density at radius 2 is 1.83 bits per heavy atom. The molecule has 2 aliphatic heterocycles. The molecule has 5 heteroatoms. The van der Waals surface area contributed by atoms with Crippen LogP contribution in [0.3, 0.4) is 0 Å². The Hall–Kier alpha value is -2.58. The number of likely N-dealkylation sites (N-methyl/N-ethyl adjacent to an activating group) is 1. The summed E-state index contributed by atoms with van der Waals surface area (Å²) >= 11 is 3.43. The van der Waals surface area contributed by atoms with Gasteiger partial charge < -0.3 is 4.90 Å². The third-order valence-electron chi connectivity index (χ3n) is 4.70. The van der Waals surface area contributed by atoms with E-state index in [4.69, 9.17) is 0 Å². The first-order valence-corrected chi connectivity index (χ1v) is 8.44. The lowest BCUT2D eigenvalue weighted by molar-refractivity contribution is -0.115. The van der Waals surface area contributed by atoms with Gasteiger partial charge in [-0.3, -0.25) is 9.69 Å². The van der Waals surface area contributed by atoms with Crippen LogP contribution in [0.2, 0.25) is 0 Å². The van der Waals surface area contributed by atoms with Gasteiger partial charge in [0.05, 0.1) is 12.1 Å². The predicted octanol–water partition coefficient (Wildman–Crippen LogP) is 3.81. The van der Waals surface area contributed by atoms with Gasteiger partial charge in [-0.25, -0.2) is 0 Å². The van der Waals surface area contributed by atoms with Crippen molar-refractivity contribution in [3.05, 3.63) is 70.2 Å². The van der Waals surface area contributed by atoms with Crippen LogP contribution in [0.15, 0.2) is 64.7 Å². The van der Waals surface area contributed by atoms with Gasteiger partial charge in [-0.1, -0.05) is 34.1 Å². The third-order valence-corrected chi connectivity index (χ3v) is 5.22. The summed E-state index contributed by atoms with van der Waals surface area (Å²) < 4.78 is 0.951. The molecule has 0 aliphatic carbocycles. The highest BCUT2D eigenvalue weighted by molar-refractivity contribution is 9.10. The minimum absolute atomic E-state index is 0.0432. The molecule has 0 bridgehead atoms. The molecule has 0 saturated carbocycles. The molecule has 0 fully saturated rings. The average molecular weight is 380 g/mol. The Bertz CT molecular complexity index is 898. The van der Waals surface area contributed by atoms with Gasteiger partial charge in [0.1, 0.15) is 11.6 Å². The van der Waals surface area contributed by atoms with E-state index >= 15 is 0 Å². The topological polar surface area (TPSA) is 47.3 Å². The molecule has 2 unspecified atom stereocenters. The van der Waals surface area contributed by atoms with Crippen molar-refractivity contribution in [2.24, 2.45) is 0 Å². The Morgan fingerprint density at radius 3 is 2.54 bits per heavy atom. The molecular weight excluding hydrogens is 366 g/mol. The summed E-state index contributed by atoms with van der Waals surface area (Å²) in [6.07, 6.45) is 1.79. The van der Waals surface area contributed by atoms with Gasteiger partial charge in [-0.05, 0) is 36.4 Å². The molecule has 118 valence electrons. The number of carbonyl (C=O) groups excluding carboxylic acids is 1. The second kappa shape index (κ2) is 5.50. The second-order valence-electron chi connectivity index (χ2n) is 5.95. The minimum atomic E-state index is -0.244. The van der Waals surface area contributed by atoms with E-state index in [0.29, 0.717) is 0 Å². The van der Waals surface area contributed by atoms with Gasteiger partial charge in [0.15, 0.2) is 0 Å². The van der Waals surface area contributed by atoms with E-state index in [0.717, 1.165) is 21.4 Å². The van der Waals surface area contributed by atoms with Gasteiger partial charge in [-0.15, -0.1) is 0 Å². The summed E-state index contributed by atoms with van der Waals surface area (Å²) in [6, 6.07) is 17.6. The van der Waals surface area contributed by atoms with Crippen molar-refractivity contribution < 1.29 is 4.79 Å². The van der Waals surface area contributed by atoms with Gasteiger partial charge in [0.25, 0.3) is 5.91 Å². The van der Waals surface area contributed by atoms with E-state index in [1.54, 1.807) is 11.0 Å². The van der Waals surface area contributed by atoms with E-state index in [9.17, 15) is 10.1 Å². The van der Waals surface area contributed by atoms with Crippen molar-refractivity contribution >= 4 is 33.2 Å². The van der Waals surface area contributed by atoms with Crippen LogP contribution in [0.1, 0.15) is 11.6 Å². The fourth-order valence-corrected chi connectivity index (χ4v) is 3.84. The predicted molar refractivity (Wildman–Crippen MR) is 96.7 cm³/mol. The summed E-state index contributed by atoms with van der Waals surface area (Å²) in [5, 5.41) is 9.40. The van der Waals surface area contributed by atoms with E-state index in [1.807, 2.05) is 43.4 Å². The molecule has 4 rings (SSSR count). The van der Waals surface area contributed by atoms with E-state index in [-0.39, 0.29) is 23.6 Å². The number of hydrogen-bond acceptors (Lipinski definition) is 3. The maximum absolute atomic E-state index is 12.9. The van der Waals surface area contributed by atoms with Crippen molar-refractivity contribution in [2.75, 3.05) is 16.8 Å². The number of rotatable bonds is 1. The highest BCUT2D eigenvalue weighted by Gasteiger charge is 2.45. The molecule has 0 radical (unpaired) electrons. The number of nitrogens with zero attached hydrogens (tertiary/aromatic N) is 3. The normalized spacial score (nSPS) is 21.9. The van der Waals surface area contributed by atoms with Crippen LogP contribution < -0.4 is 9.80 Å². The molecule has 2 heterocycles. The first-order valence-electron chi connectivity index (χ1n) is 7.64. The van der Waals surface area contributed by atoms with Crippen LogP contribution in [-0.2, 0) is 4.79 Å². The van der Waals surface area contributed by atoms with Crippen molar-refractivity contribution in [1.29, 1.82) is 5.26 Å². The zero-order valence-electron chi connectivity index (χ0n) is 13.0. The highest BCUT2D eigenvalue weighted by atomic mass is 79.9. The smallest absolute Gasteiger partial charge is 0.269 e. The largest absolute Gasteiger partial charge is 0.365 e. The summed E-state index contributed by atoms with van der Waals surface area (Å²) in [6.45, 7) is 0. The first-order chi connectivity index (χ1) is 11.6. The van der Waals surface area contributed by atoms with Crippen LogP contribution in [0, 0.1) is 11.3 Å². The molecule has 0 spiro atoms. The average Bonchev–Trinajstić information content (AvgIpc) is 2.88. The lowest BCUT2D eigenvalue weighted by atomic mass is 9.94. The van der Waals surface area contributed by atoms with Gasteiger partial charge in [0.2, 0.25) is 0 Å². The molecule has 2 atom stereocenters. The van der Waals surface area contributed by atoms with Gasteiger partial charge >= 0.3 is 0 Å². The maximum atomic E-state index is 12.9. The SMILES string of the molecule is CN1c2ccccc2C2C1C=C(C#N)C(=O)N2c1ccc(Br)cc1. The molecule has 2 aromatic rings. The fraction of sp³-hybridized carbons (Fsp3) is 0.158. The number of hydrogen-bond donors (Lipinski definition) is 0. The molecule has 1 amide bonds. The number of fused-ring (bicyclic) bond motifs is 3. The molecule has 24 heavy (non-hydrogen) atoms. The quantitative estimate of drug-likeness (QED) is 0.756. The van der Waals surface area contributed by atoms with Gasteiger partial charge in [0, 0.05) is 28.5 Å². The standard InChI is InChI=1S/C19H14BrN3O/c1-22-16-5-3-2-4-15(16)18-17(22)10-12(11-21)19(24)23(18)14-8-6-13(20)7-9-14/h2-10,17-18H,1H3. The molecule has 0 aromatic heterocycles. The summed E-state index contributed by atoms with van der Waals surface area (Å²) in [4.78, 5) is 16.8. The number of nitriles is 1. The molecular formula is C19H14BrN3O. The zero-order chi connectivity index (χ0) is 16.8. The van der Waals surface area contributed by atoms with E-state index < -0.39 is 0 Å². The van der Waals surface area contributed by atoms with Gasteiger partial charge in [-0.2, -0.15) is 5.26 Å². The van der Waals surface area contributed by atoms with Crippen LogP contribution in [0.4, 0.5) is 11.4 Å². The molecule has 0 N–H and O–H groups in total. The van der Waals surface area contributed by atoms with Crippen molar-refractivity contribution in [1.82, 2.24) is 0 Å². The van der Waals surface area contributed by atoms with E-state index in [2.05, 4.69) is 39.0 Å². The Morgan fingerprint density at radius 1 is 1.12 bits per heavy atom. The minimum Gasteiger partial charge on any atom is -0.365 e. The number of anilines is 2. The highest BCUT2D eigenvalue weighted by Crippen LogP contribution is 2.46. The lowest BCUT2D eigenvalue weighted by Crippen LogP contribution is -2.46. The summed E-state index contributed by atoms with van der Waals surface area (Å²) in [5.41, 5.74) is 3.19. The monoisotopic (exact) mass is 379 g/mol. The van der Waals surface area contributed by atoms with Crippen molar-refractivity contribution in [3.8, 4) is 6.07 Å². The molecule has 2 aromatic carbocycles. The number of amides is 1. The molecule has 4 nitrogen and oxygen atoms in total. The van der Waals surface area contributed by atoms with Crippen LogP contribution >= 0.6 is 15.9 Å². The Labute approximate surface area is 148 Å². The summed E-state index contributed by atoms with van der Waals surface area (Å²) in [5.74, 6) is -0.244. The van der Waals surface area contributed by atoms with Crippen LogP contribution in [0.5, 0.6) is 0 Å². The van der Waals surface area contributed by atoms with Crippen molar-refractivity contribution in [3.63, 3.8) is 0 Å². The van der Waals surface area contributed by atoms with Crippen LogP contribution in [0.25, 0.3) is 0 Å². The lowest BCUT2D eigenvalue weighted by Gasteiger charge is -2.37. The zero-order valence-corrected chi connectivity index (χ0v) is 14.6. The first kappa shape index (κ1) is 15.0. The Kier molecular flexibility index (Phi) is 3.43. The van der Waals surface area contributed by atoms with E-state index in [1.165, 1.54) is 0 Å². The second-order valence-corrected chi connectivity index (χ2v) is 6.86. The third kappa shape index (κ3) is 2.07. The van der Waals surface area contributed by atoms with Crippen molar-refractivity contribution in [2.45, 2.75) is 12.1 Å². The van der Waals surface area contributed by atoms with Crippen LogP contribution in [-0.4, -0.2) is 19.0 Å². The molecule has 2 aliphatic rings. The summed E-state index contributed by atoms with van der Waals surface area (Å²) in [7, 11) is 2.00.